The van der Waals surface area contributed by atoms with Gasteiger partial charge in [0.25, 0.3) is 0 Å². The second-order valence-electron chi connectivity index (χ2n) is 5.15. The van der Waals surface area contributed by atoms with E-state index in [4.69, 9.17) is 4.74 Å². The van der Waals surface area contributed by atoms with E-state index in [0.29, 0.717) is 0 Å². The third-order valence-electron chi connectivity index (χ3n) is 3.68. The van der Waals surface area contributed by atoms with Gasteiger partial charge in [0, 0.05) is 31.2 Å². The van der Waals surface area contributed by atoms with E-state index < -0.39 is 0 Å². The van der Waals surface area contributed by atoms with E-state index in [1.54, 1.807) is 0 Å². The highest BCUT2D eigenvalue weighted by Crippen LogP contribution is 2.18. The normalized spacial score (nSPS) is 17.0. The molecule has 2 heterocycles. The van der Waals surface area contributed by atoms with Crippen molar-refractivity contribution in [1.29, 1.82) is 0 Å². The van der Waals surface area contributed by atoms with Crippen molar-refractivity contribution in [3.8, 4) is 5.75 Å². The van der Waals surface area contributed by atoms with Gasteiger partial charge < -0.3 is 10.1 Å². The lowest BCUT2D eigenvalue weighted by atomic mass is 10.2. The fraction of sp³-hybridized carbons (Fsp3) is 0.438. The molecule has 1 aliphatic heterocycles. The largest absolute Gasteiger partial charge is 0.492 e. The predicted octanol–water partition coefficient (Wildman–Crippen LogP) is 1.91. The Labute approximate surface area is 119 Å². The van der Waals surface area contributed by atoms with Crippen LogP contribution >= 0.6 is 0 Å². The maximum absolute atomic E-state index is 5.87. The summed E-state index contributed by atoms with van der Waals surface area (Å²) in [6, 6.07) is 10.1. The first-order chi connectivity index (χ1) is 9.92. The molecule has 0 unspecified atom stereocenters. The Morgan fingerprint density at radius 1 is 1.20 bits per heavy atom. The SMILES string of the molecule is c1cnc2ccc(OCCN3CCCNCC3)cc2c1. The van der Waals surface area contributed by atoms with E-state index in [1.807, 2.05) is 24.4 Å². The zero-order valence-corrected chi connectivity index (χ0v) is 11.7. The van der Waals surface area contributed by atoms with E-state index in [2.05, 4.69) is 27.3 Å². The summed E-state index contributed by atoms with van der Waals surface area (Å²) in [7, 11) is 0. The van der Waals surface area contributed by atoms with Gasteiger partial charge in [-0.15, -0.1) is 0 Å². The number of fused-ring (bicyclic) bond motifs is 1. The highest BCUT2D eigenvalue weighted by atomic mass is 16.5. The topological polar surface area (TPSA) is 37.4 Å². The van der Waals surface area contributed by atoms with Crippen LogP contribution in [-0.2, 0) is 0 Å². The zero-order valence-electron chi connectivity index (χ0n) is 11.7. The Morgan fingerprint density at radius 2 is 2.20 bits per heavy atom. The quantitative estimate of drug-likeness (QED) is 0.922. The van der Waals surface area contributed by atoms with Gasteiger partial charge in [-0.05, 0) is 43.8 Å². The van der Waals surface area contributed by atoms with E-state index in [1.165, 1.54) is 6.42 Å². The van der Waals surface area contributed by atoms with Crippen molar-refractivity contribution >= 4 is 10.9 Å². The van der Waals surface area contributed by atoms with Gasteiger partial charge in [-0.1, -0.05) is 6.07 Å². The average molecular weight is 271 g/mol. The Morgan fingerprint density at radius 3 is 3.20 bits per heavy atom. The number of ether oxygens (including phenoxy) is 1. The summed E-state index contributed by atoms with van der Waals surface area (Å²) in [6.45, 7) is 6.23. The molecule has 0 amide bonds. The second kappa shape index (κ2) is 6.68. The molecule has 4 nitrogen and oxygen atoms in total. The number of aromatic nitrogens is 1. The molecule has 1 aromatic heterocycles. The number of rotatable bonds is 4. The lowest BCUT2D eigenvalue weighted by Crippen LogP contribution is -2.31. The summed E-state index contributed by atoms with van der Waals surface area (Å²) in [5.41, 5.74) is 1.01. The van der Waals surface area contributed by atoms with Crippen molar-refractivity contribution in [1.82, 2.24) is 15.2 Å². The third-order valence-corrected chi connectivity index (χ3v) is 3.68. The molecule has 106 valence electrons. The van der Waals surface area contributed by atoms with Gasteiger partial charge in [0.1, 0.15) is 12.4 Å². The molecule has 0 aliphatic carbocycles. The molecule has 0 atom stereocenters. The smallest absolute Gasteiger partial charge is 0.120 e. The lowest BCUT2D eigenvalue weighted by molar-refractivity contribution is 0.218. The van der Waals surface area contributed by atoms with Gasteiger partial charge in [0.2, 0.25) is 0 Å². The van der Waals surface area contributed by atoms with Crippen LogP contribution in [0.3, 0.4) is 0 Å². The Kier molecular flexibility index (Phi) is 4.46. The average Bonchev–Trinajstić information content (AvgIpc) is 2.76. The molecule has 0 spiro atoms. The van der Waals surface area contributed by atoms with Crippen molar-refractivity contribution in [3.05, 3.63) is 36.5 Å². The van der Waals surface area contributed by atoms with Crippen LogP contribution in [0.25, 0.3) is 10.9 Å². The van der Waals surface area contributed by atoms with Crippen molar-refractivity contribution in [2.45, 2.75) is 6.42 Å². The van der Waals surface area contributed by atoms with Crippen molar-refractivity contribution in [3.63, 3.8) is 0 Å². The van der Waals surface area contributed by atoms with Crippen LogP contribution in [0.15, 0.2) is 36.5 Å². The van der Waals surface area contributed by atoms with Crippen LogP contribution in [0, 0.1) is 0 Å². The van der Waals surface area contributed by atoms with Crippen molar-refractivity contribution in [2.24, 2.45) is 0 Å². The zero-order chi connectivity index (χ0) is 13.6. The molecule has 3 rings (SSSR count). The van der Waals surface area contributed by atoms with E-state index in [-0.39, 0.29) is 0 Å². The molecule has 20 heavy (non-hydrogen) atoms. The molecule has 1 saturated heterocycles. The number of hydrogen-bond donors (Lipinski definition) is 1. The highest BCUT2D eigenvalue weighted by Gasteiger charge is 2.08. The van der Waals surface area contributed by atoms with Gasteiger partial charge >= 0.3 is 0 Å². The van der Waals surface area contributed by atoms with Gasteiger partial charge in [-0.2, -0.15) is 0 Å². The number of benzene rings is 1. The minimum atomic E-state index is 0.742. The summed E-state index contributed by atoms with van der Waals surface area (Å²) in [5, 5.41) is 4.54. The second-order valence-corrected chi connectivity index (χ2v) is 5.15. The molecule has 0 bridgehead atoms. The van der Waals surface area contributed by atoms with Crippen LogP contribution in [0.2, 0.25) is 0 Å². The van der Waals surface area contributed by atoms with E-state index in [0.717, 1.165) is 56.0 Å². The first kappa shape index (κ1) is 13.3. The van der Waals surface area contributed by atoms with Crippen molar-refractivity contribution in [2.75, 3.05) is 39.3 Å². The fourth-order valence-corrected chi connectivity index (χ4v) is 2.56. The number of nitrogens with zero attached hydrogens (tertiary/aromatic N) is 2. The predicted molar refractivity (Wildman–Crippen MR) is 81.2 cm³/mol. The molecular formula is C16H21N3O. The van der Waals surface area contributed by atoms with Crippen LogP contribution in [0.1, 0.15) is 6.42 Å². The van der Waals surface area contributed by atoms with Gasteiger partial charge in [0.05, 0.1) is 5.52 Å². The minimum Gasteiger partial charge on any atom is -0.492 e. The lowest BCUT2D eigenvalue weighted by Gasteiger charge is -2.19. The maximum atomic E-state index is 5.87. The molecule has 0 saturated carbocycles. The van der Waals surface area contributed by atoms with E-state index in [9.17, 15) is 0 Å². The monoisotopic (exact) mass is 271 g/mol. The number of hydrogen-bond acceptors (Lipinski definition) is 4. The van der Waals surface area contributed by atoms with Crippen LogP contribution in [-0.4, -0.2) is 49.2 Å². The molecule has 1 fully saturated rings. The summed E-state index contributed by atoms with van der Waals surface area (Å²) in [5.74, 6) is 0.929. The summed E-state index contributed by atoms with van der Waals surface area (Å²) in [6.07, 6.45) is 3.04. The molecule has 1 aromatic carbocycles. The maximum Gasteiger partial charge on any atom is 0.120 e. The number of pyridine rings is 1. The summed E-state index contributed by atoms with van der Waals surface area (Å²) in [4.78, 5) is 6.78. The van der Waals surface area contributed by atoms with Crippen LogP contribution in [0.4, 0.5) is 0 Å². The Hall–Kier alpha value is -1.65. The van der Waals surface area contributed by atoms with E-state index >= 15 is 0 Å². The van der Waals surface area contributed by atoms with Crippen LogP contribution < -0.4 is 10.1 Å². The van der Waals surface area contributed by atoms with Gasteiger partial charge in [0.15, 0.2) is 0 Å². The minimum absolute atomic E-state index is 0.742. The summed E-state index contributed by atoms with van der Waals surface area (Å²) >= 11 is 0. The Balaban J connectivity index is 1.54. The molecule has 1 N–H and O–H groups in total. The van der Waals surface area contributed by atoms with Crippen LogP contribution in [0.5, 0.6) is 5.75 Å². The standard InChI is InChI=1S/C16H21N3O/c1-3-14-13-15(4-5-16(14)18-7-1)20-12-11-19-9-2-6-17-8-10-19/h1,3-5,7,13,17H,2,6,8-12H2. The number of nitrogens with one attached hydrogen (secondary N) is 1. The molecular weight excluding hydrogens is 250 g/mol. The summed E-state index contributed by atoms with van der Waals surface area (Å²) < 4.78 is 5.87. The third kappa shape index (κ3) is 3.46. The first-order valence-electron chi connectivity index (χ1n) is 7.32. The molecule has 2 aromatic rings. The fourth-order valence-electron chi connectivity index (χ4n) is 2.56. The van der Waals surface area contributed by atoms with Gasteiger partial charge in [-0.3, -0.25) is 9.88 Å². The molecule has 0 radical (unpaired) electrons. The molecule has 4 heteroatoms. The first-order valence-corrected chi connectivity index (χ1v) is 7.32. The molecule has 1 aliphatic rings. The van der Waals surface area contributed by atoms with Crippen molar-refractivity contribution < 1.29 is 4.74 Å². The highest BCUT2D eigenvalue weighted by molar-refractivity contribution is 5.79. The van der Waals surface area contributed by atoms with Gasteiger partial charge in [-0.25, -0.2) is 0 Å². The Bertz CT molecular complexity index is 550.